The molecular weight excluding hydrogens is 499 g/mol. The highest BCUT2D eigenvalue weighted by atomic mass is 35.5. The number of nitrogens with one attached hydrogen (secondary N) is 3. The standard InChI is InChI=1S/C23H28Cl2N4O4S/c24-21-7-4-17(11-22(21)25)14-29-8-9-33-19(15-29)13-27-23(30)26-12-16-2-1-3-20(10-16)34(31,32)28-18-5-6-18/h1-4,7,10-11,18-19,28H,5-6,8-9,12-15H2,(H2,26,27,30)/t19-/m0/s1. The second kappa shape index (κ2) is 11.2. The number of ether oxygens (including phenoxy) is 1. The maximum absolute atomic E-state index is 12.4. The highest BCUT2D eigenvalue weighted by molar-refractivity contribution is 7.89. The number of morpholine rings is 1. The smallest absolute Gasteiger partial charge is 0.315 e. The molecule has 2 amide bonds. The lowest BCUT2D eigenvalue weighted by molar-refractivity contribution is -0.0287. The minimum absolute atomic E-state index is 0.0412. The molecule has 2 aromatic carbocycles. The third kappa shape index (κ3) is 7.31. The zero-order valence-corrected chi connectivity index (χ0v) is 20.9. The van der Waals surface area contributed by atoms with E-state index in [-0.39, 0.29) is 29.6 Å². The third-order valence-corrected chi connectivity index (χ3v) is 7.92. The normalized spacial score (nSPS) is 19.1. The average molecular weight is 527 g/mol. The van der Waals surface area contributed by atoms with Crippen LogP contribution in [-0.2, 0) is 27.8 Å². The molecule has 0 aromatic heterocycles. The maximum Gasteiger partial charge on any atom is 0.315 e. The molecule has 0 bridgehead atoms. The molecule has 3 N–H and O–H groups in total. The molecular formula is C23H28Cl2N4O4S. The Hall–Kier alpha value is -1.88. The lowest BCUT2D eigenvalue weighted by Crippen LogP contribution is -2.48. The molecule has 0 unspecified atom stereocenters. The molecule has 0 radical (unpaired) electrons. The van der Waals surface area contributed by atoms with E-state index in [1.54, 1.807) is 30.3 Å². The Labute approximate surface area is 210 Å². The van der Waals surface area contributed by atoms with E-state index in [0.29, 0.717) is 35.3 Å². The Morgan fingerprint density at radius 3 is 2.65 bits per heavy atom. The summed E-state index contributed by atoms with van der Waals surface area (Å²) in [5, 5.41) is 6.67. The molecule has 0 spiro atoms. The van der Waals surface area contributed by atoms with E-state index in [1.807, 2.05) is 12.1 Å². The molecule has 1 atom stereocenters. The van der Waals surface area contributed by atoms with Crippen molar-refractivity contribution in [2.75, 3.05) is 26.2 Å². The zero-order valence-electron chi connectivity index (χ0n) is 18.6. The van der Waals surface area contributed by atoms with Crippen molar-refractivity contribution in [3.63, 3.8) is 0 Å². The Balaban J connectivity index is 1.21. The number of carbonyl (C=O) groups excluding carboxylic acids is 1. The van der Waals surface area contributed by atoms with E-state index in [9.17, 15) is 13.2 Å². The topological polar surface area (TPSA) is 99.8 Å². The molecule has 2 fully saturated rings. The highest BCUT2D eigenvalue weighted by Crippen LogP contribution is 2.24. The lowest BCUT2D eigenvalue weighted by atomic mass is 10.2. The fourth-order valence-corrected chi connectivity index (χ4v) is 5.40. The third-order valence-electron chi connectivity index (χ3n) is 5.66. The zero-order chi connectivity index (χ0) is 24.1. The van der Waals surface area contributed by atoms with E-state index in [0.717, 1.165) is 31.5 Å². The van der Waals surface area contributed by atoms with Crippen molar-refractivity contribution in [1.82, 2.24) is 20.3 Å². The van der Waals surface area contributed by atoms with Crippen LogP contribution in [0.1, 0.15) is 24.0 Å². The number of halogens is 2. The molecule has 34 heavy (non-hydrogen) atoms. The van der Waals surface area contributed by atoms with Gasteiger partial charge in [-0.2, -0.15) is 0 Å². The molecule has 4 rings (SSSR count). The minimum Gasteiger partial charge on any atom is -0.374 e. The molecule has 2 aromatic rings. The molecule has 184 valence electrons. The van der Waals surface area contributed by atoms with Crippen molar-refractivity contribution in [3.8, 4) is 0 Å². The Bertz CT molecular complexity index is 1130. The number of hydrogen-bond donors (Lipinski definition) is 3. The van der Waals surface area contributed by atoms with Gasteiger partial charge in [-0.25, -0.2) is 17.9 Å². The molecule has 1 saturated carbocycles. The average Bonchev–Trinajstić information content (AvgIpc) is 3.62. The largest absolute Gasteiger partial charge is 0.374 e. The first-order valence-corrected chi connectivity index (χ1v) is 13.4. The number of benzene rings is 2. The lowest BCUT2D eigenvalue weighted by Gasteiger charge is -2.33. The van der Waals surface area contributed by atoms with Gasteiger partial charge in [-0.15, -0.1) is 0 Å². The molecule has 8 nitrogen and oxygen atoms in total. The van der Waals surface area contributed by atoms with E-state index >= 15 is 0 Å². The van der Waals surface area contributed by atoms with E-state index in [2.05, 4.69) is 20.3 Å². The van der Waals surface area contributed by atoms with Gasteiger partial charge >= 0.3 is 6.03 Å². The van der Waals surface area contributed by atoms with Crippen LogP contribution in [0.2, 0.25) is 10.0 Å². The van der Waals surface area contributed by atoms with Crippen LogP contribution in [0.15, 0.2) is 47.4 Å². The SMILES string of the molecule is O=C(NCc1cccc(S(=O)(=O)NC2CC2)c1)NC[C@H]1CN(Cc2ccc(Cl)c(Cl)c2)CCO1. The van der Waals surface area contributed by atoms with Crippen molar-refractivity contribution >= 4 is 39.3 Å². The summed E-state index contributed by atoms with van der Waals surface area (Å²) >= 11 is 12.1. The fraction of sp³-hybridized carbons (Fsp3) is 0.435. The van der Waals surface area contributed by atoms with Crippen molar-refractivity contribution in [1.29, 1.82) is 0 Å². The summed E-state index contributed by atoms with van der Waals surface area (Å²) in [7, 11) is -3.53. The van der Waals surface area contributed by atoms with Gasteiger partial charge in [0, 0.05) is 38.8 Å². The molecule has 1 saturated heterocycles. The number of carbonyl (C=O) groups is 1. The summed E-state index contributed by atoms with van der Waals surface area (Å²) < 4.78 is 33.2. The number of rotatable bonds is 9. The van der Waals surface area contributed by atoms with Gasteiger partial charge in [0.1, 0.15) is 0 Å². The van der Waals surface area contributed by atoms with E-state index < -0.39 is 10.0 Å². The van der Waals surface area contributed by atoms with Gasteiger partial charge < -0.3 is 15.4 Å². The van der Waals surface area contributed by atoms with Gasteiger partial charge in [-0.3, -0.25) is 4.90 Å². The molecule has 11 heteroatoms. The molecule has 1 heterocycles. The number of amides is 2. The summed E-state index contributed by atoms with van der Waals surface area (Å²) in [4.78, 5) is 14.7. The van der Waals surface area contributed by atoms with E-state index in [1.165, 1.54) is 0 Å². The van der Waals surface area contributed by atoms with Crippen LogP contribution in [-0.4, -0.2) is 57.7 Å². The second-order valence-electron chi connectivity index (χ2n) is 8.58. The van der Waals surface area contributed by atoms with Crippen LogP contribution in [0.25, 0.3) is 0 Å². The van der Waals surface area contributed by atoms with Crippen molar-refractivity contribution in [2.45, 2.75) is 43.0 Å². The van der Waals surface area contributed by atoms with Gasteiger partial charge in [0.15, 0.2) is 0 Å². The first kappa shape index (κ1) is 25.2. The number of sulfonamides is 1. The first-order valence-electron chi connectivity index (χ1n) is 11.2. The van der Waals surface area contributed by atoms with Gasteiger partial charge in [-0.1, -0.05) is 41.4 Å². The maximum atomic E-state index is 12.4. The first-order chi connectivity index (χ1) is 16.3. The molecule has 1 aliphatic heterocycles. The number of urea groups is 1. The van der Waals surface area contributed by atoms with Crippen LogP contribution in [0.4, 0.5) is 4.79 Å². The number of nitrogens with zero attached hydrogens (tertiary/aromatic N) is 1. The van der Waals surface area contributed by atoms with Gasteiger partial charge in [0.25, 0.3) is 0 Å². The van der Waals surface area contributed by atoms with Crippen molar-refractivity contribution < 1.29 is 17.9 Å². The monoisotopic (exact) mass is 526 g/mol. The summed E-state index contributed by atoms with van der Waals surface area (Å²) in [6, 6.07) is 11.9. The van der Waals surface area contributed by atoms with Crippen molar-refractivity contribution in [3.05, 3.63) is 63.6 Å². The predicted octanol–water partition coefficient (Wildman–Crippen LogP) is 3.13. The van der Waals surface area contributed by atoms with Gasteiger partial charge in [-0.05, 0) is 48.2 Å². The fourth-order valence-electron chi connectivity index (χ4n) is 3.71. The summed E-state index contributed by atoms with van der Waals surface area (Å²) in [5.41, 5.74) is 1.77. The Kier molecular flexibility index (Phi) is 8.34. The van der Waals surface area contributed by atoms with Gasteiger partial charge in [0.2, 0.25) is 10.0 Å². The Morgan fingerprint density at radius 2 is 1.88 bits per heavy atom. The summed E-state index contributed by atoms with van der Waals surface area (Å²) in [6.45, 7) is 3.34. The van der Waals surface area contributed by atoms with Crippen LogP contribution >= 0.6 is 23.2 Å². The quantitative estimate of drug-likeness (QED) is 0.466. The second-order valence-corrected chi connectivity index (χ2v) is 11.1. The van der Waals surface area contributed by atoms with Crippen LogP contribution in [0, 0.1) is 0 Å². The van der Waals surface area contributed by atoms with E-state index in [4.69, 9.17) is 27.9 Å². The minimum atomic E-state index is -3.53. The molecule has 1 aliphatic carbocycles. The molecule has 2 aliphatic rings. The summed E-state index contributed by atoms with van der Waals surface area (Å²) in [5.74, 6) is 0. The number of hydrogen-bond acceptors (Lipinski definition) is 5. The van der Waals surface area contributed by atoms with Gasteiger partial charge in [0.05, 0.1) is 27.7 Å². The van der Waals surface area contributed by atoms with Crippen LogP contribution in [0.5, 0.6) is 0 Å². The highest BCUT2D eigenvalue weighted by Gasteiger charge is 2.28. The summed E-state index contributed by atoms with van der Waals surface area (Å²) in [6.07, 6.45) is 1.61. The van der Waals surface area contributed by atoms with Crippen molar-refractivity contribution in [2.24, 2.45) is 0 Å². The predicted molar refractivity (Wildman–Crippen MR) is 132 cm³/mol. The Morgan fingerprint density at radius 1 is 1.06 bits per heavy atom. The van der Waals surface area contributed by atoms with Crippen LogP contribution < -0.4 is 15.4 Å². The van der Waals surface area contributed by atoms with Crippen LogP contribution in [0.3, 0.4) is 0 Å².